The second-order valence-electron chi connectivity index (χ2n) is 8.10. The number of hydrogen-bond acceptors (Lipinski definition) is 3. The molecule has 2 unspecified atom stereocenters. The molecule has 2 atom stereocenters. The van der Waals surface area contributed by atoms with Crippen LogP contribution in [0.3, 0.4) is 0 Å². The monoisotopic (exact) mass is 282 g/mol. The van der Waals surface area contributed by atoms with Crippen molar-refractivity contribution in [2.45, 2.75) is 90.0 Å². The van der Waals surface area contributed by atoms with Crippen molar-refractivity contribution in [2.24, 2.45) is 11.1 Å². The third-order valence-electron chi connectivity index (χ3n) is 5.78. The SMILES string of the molecule is CC1CC(CN)(N(C)C2CCC(C)(C)CC2)CC(C)O1. The summed E-state index contributed by atoms with van der Waals surface area (Å²) < 4.78 is 5.93. The van der Waals surface area contributed by atoms with E-state index in [1.807, 2.05) is 0 Å². The van der Waals surface area contributed by atoms with Crippen molar-refractivity contribution in [3.8, 4) is 0 Å². The molecule has 0 spiro atoms. The standard InChI is InChI=1S/C17H34N2O/c1-13-10-17(12-18,11-14(2)20-13)19(5)15-6-8-16(3,4)9-7-15/h13-15H,6-12,18H2,1-5H3. The van der Waals surface area contributed by atoms with E-state index >= 15 is 0 Å². The van der Waals surface area contributed by atoms with E-state index in [1.54, 1.807) is 0 Å². The molecule has 0 aromatic heterocycles. The minimum absolute atomic E-state index is 0.142. The minimum atomic E-state index is 0.142. The van der Waals surface area contributed by atoms with Crippen LogP contribution in [0.2, 0.25) is 0 Å². The lowest BCUT2D eigenvalue weighted by Crippen LogP contribution is -2.61. The molecule has 2 fully saturated rings. The lowest BCUT2D eigenvalue weighted by Gasteiger charge is -2.52. The van der Waals surface area contributed by atoms with E-state index in [-0.39, 0.29) is 5.54 Å². The number of nitrogens with zero attached hydrogens (tertiary/aromatic N) is 1. The summed E-state index contributed by atoms with van der Waals surface area (Å²) in [5.41, 5.74) is 6.90. The second-order valence-corrected chi connectivity index (χ2v) is 8.10. The smallest absolute Gasteiger partial charge is 0.0568 e. The molecule has 0 amide bonds. The van der Waals surface area contributed by atoms with Crippen LogP contribution in [0.5, 0.6) is 0 Å². The van der Waals surface area contributed by atoms with Crippen LogP contribution >= 0.6 is 0 Å². The molecule has 3 heteroatoms. The molecule has 1 aliphatic heterocycles. The van der Waals surface area contributed by atoms with Crippen molar-refractivity contribution in [2.75, 3.05) is 13.6 Å². The summed E-state index contributed by atoms with van der Waals surface area (Å²) in [6.45, 7) is 9.94. The molecule has 1 heterocycles. The largest absolute Gasteiger partial charge is 0.375 e. The van der Waals surface area contributed by atoms with Crippen LogP contribution in [0.4, 0.5) is 0 Å². The van der Waals surface area contributed by atoms with Crippen LogP contribution < -0.4 is 5.73 Å². The summed E-state index contributed by atoms with van der Waals surface area (Å²) in [4.78, 5) is 2.62. The average molecular weight is 282 g/mol. The summed E-state index contributed by atoms with van der Waals surface area (Å²) in [7, 11) is 2.31. The number of ether oxygens (including phenoxy) is 1. The first-order chi connectivity index (χ1) is 9.28. The van der Waals surface area contributed by atoms with E-state index < -0.39 is 0 Å². The van der Waals surface area contributed by atoms with Gasteiger partial charge in [-0.3, -0.25) is 4.90 Å². The number of likely N-dealkylation sites (N-methyl/N-ethyl adjacent to an activating group) is 1. The van der Waals surface area contributed by atoms with Gasteiger partial charge in [-0.05, 0) is 64.8 Å². The topological polar surface area (TPSA) is 38.5 Å². The highest BCUT2D eigenvalue weighted by Gasteiger charge is 2.44. The van der Waals surface area contributed by atoms with Gasteiger partial charge in [-0.2, -0.15) is 0 Å². The van der Waals surface area contributed by atoms with Crippen molar-refractivity contribution in [1.29, 1.82) is 0 Å². The van der Waals surface area contributed by atoms with Crippen LogP contribution in [0.25, 0.3) is 0 Å². The molecular weight excluding hydrogens is 248 g/mol. The molecule has 0 radical (unpaired) electrons. The summed E-state index contributed by atoms with van der Waals surface area (Å²) in [5, 5.41) is 0. The zero-order valence-corrected chi connectivity index (χ0v) is 14.1. The lowest BCUT2D eigenvalue weighted by atomic mass is 9.73. The highest BCUT2D eigenvalue weighted by Crippen LogP contribution is 2.41. The predicted molar refractivity (Wildman–Crippen MR) is 84.8 cm³/mol. The Balaban J connectivity index is 2.07. The van der Waals surface area contributed by atoms with Crippen LogP contribution in [-0.2, 0) is 4.74 Å². The zero-order chi connectivity index (χ0) is 15.0. The van der Waals surface area contributed by atoms with E-state index in [1.165, 1.54) is 25.7 Å². The molecular formula is C17H34N2O. The van der Waals surface area contributed by atoms with Crippen molar-refractivity contribution in [3.63, 3.8) is 0 Å². The summed E-state index contributed by atoms with van der Waals surface area (Å²) in [6, 6.07) is 0.698. The Morgan fingerprint density at radius 3 is 2.05 bits per heavy atom. The maximum Gasteiger partial charge on any atom is 0.0568 e. The lowest BCUT2D eigenvalue weighted by molar-refractivity contribution is -0.111. The molecule has 2 rings (SSSR count). The van der Waals surface area contributed by atoms with Crippen LogP contribution in [0, 0.1) is 5.41 Å². The molecule has 0 bridgehead atoms. The fourth-order valence-corrected chi connectivity index (χ4v) is 4.40. The summed E-state index contributed by atoms with van der Waals surface area (Å²) >= 11 is 0. The molecule has 1 saturated heterocycles. The summed E-state index contributed by atoms with van der Waals surface area (Å²) in [6.07, 6.45) is 8.10. The Labute approximate surface area is 125 Å². The van der Waals surface area contributed by atoms with Gasteiger partial charge in [0.1, 0.15) is 0 Å². The number of rotatable bonds is 3. The molecule has 0 aromatic carbocycles. The fraction of sp³-hybridized carbons (Fsp3) is 1.00. The van der Waals surface area contributed by atoms with Crippen molar-refractivity contribution >= 4 is 0 Å². The summed E-state index contributed by atoms with van der Waals surface area (Å²) in [5.74, 6) is 0. The Bertz CT molecular complexity index is 309. The van der Waals surface area contributed by atoms with Crippen molar-refractivity contribution in [3.05, 3.63) is 0 Å². The van der Waals surface area contributed by atoms with Gasteiger partial charge in [0, 0.05) is 18.1 Å². The first-order valence-corrected chi connectivity index (χ1v) is 8.36. The van der Waals surface area contributed by atoms with Crippen molar-refractivity contribution < 1.29 is 4.74 Å². The van der Waals surface area contributed by atoms with E-state index in [2.05, 4.69) is 39.6 Å². The third-order valence-corrected chi connectivity index (χ3v) is 5.78. The van der Waals surface area contributed by atoms with Gasteiger partial charge >= 0.3 is 0 Å². The quantitative estimate of drug-likeness (QED) is 0.864. The normalized spacial score (nSPS) is 39.1. The van der Waals surface area contributed by atoms with E-state index in [0.29, 0.717) is 23.7 Å². The second kappa shape index (κ2) is 5.94. The van der Waals surface area contributed by atoms with Gasteiger partial charge in [-0.25, -0.2) is 0 Å². The van der Waals surface area contributed by atoms with Crippen LogP contribution in [-0.4, -0.2) is 42.3 Å². The van der Waals surface area contributed by atoms with Gasteiger partial charge in [0.15, 0.2) is 0 Å². The van der Waals surface area contributed by atoms with Gasteiger partial charge < -0.3 is 10.5 Å². The fourth-order valence-electron chi connectivity index (χ4n) is 4.40. The Morgan fingerprint density at radius 2 is 1.60 bits per heavy atom. The molecule has 2 aliphatic rings. The first-order valence-electron chi connectivity index (χ1n) is 8.36. The predicted octanol–water partition coefficient (Wildman–Crippen LogP) is 3.17. The van der Waals surface area contributed by atoms with Gasteiger partial charge in [0.25, 0.3) is 0 Å². The Morgan fingerprint density at radius 1 is 1.10 bits per heavy atom. The molecule has 3 nitrogen and oxygen atoms in total. The Hall–Kier alpha value is -0.120. The molecule has 2 N–H and O–H groups in total. The van der Waals surface area contributed by atoms with E-state index in [9.17, 15) is 0 Å². The van der Waals surface area contributed by atoms with Gasteiger partial charge in [0.05, 0.1) is 12.2 Å². The van der Waals surface area contributed by atoms with E-state index in [4.69, 9.17) is 10.5 Å². The minimum Gasteiger partial charge on any atom is -0.375 e. The molecule has 20 heavy (non-hydrogen) atoms. The van der Waals surface area contributed by atoms with Crippen molar-refractivity contribution in [1.82, 2.24) is 4.90 Å². The van der Waals surface area contributed by atoms with Gasteiger partial charge in [0.2, 0.25) is 0 Å². The number of hydrogen-bond donors (Lipinski definition) is 1. The molecule has 118 valence electrons. The zero-order valence-electron chi connectivity index (χ0n) is 14.1. The molecule has 0 aromatic rings. The maximum absolute atomic E-state index is 6.23. The maximum atomic E-state index is 6.23. The molecule has 1 aliphatic carbocycles. The van der Waals surface area contributed by atoms with Crippen LogP contribution in [0.15, 0.2) is 0 Å². The first kappa shape index (κ1) is 16.3. The average Bonchev–Trinajstić information content (AvgIpc) is 2.36. The van der Waals surface area contributed by atoms with E-state index in [0.717, 1.165) is 19.4 Å². The number of nitrogens with two attached hydrogens (primary N) is 1. The van der Waals surface area contributed by atoms with Gasteiger partial charge in [-0.15, -0.1) is 0 Å². The highest BCUT2D eigenvalue weighted by atomic mass is 16.5. The van der Waals surface area contributed by atoms with Crippen LogP contribution in [0.1, 0.15) is 66.2 Å². The Kier molecular flexibility index (Phi) is 4.83. The van der Waals surface area contributed by atoms with Gasteiger partial charge in [-0.1, -0.05) is 13.8 Å². The third kappa shape index (κ3) is 3.37. The highest BCUT2D eigenvalue weighted by molar-refractivity contribution is 4.99. The molecule has 1 saturated carbocycles.